The Labute approximate surface area is 82.7 Å². The third-order valence-corrected chi connectivity index (χ3v) is 2.61. The molecule has 1 aromatic rings. The number of aromatic nitrogens is 2. The van der Waals surface area contributed by atoms with Crippen LogP contribution in [0.25, 0.3) is 0 Å². The van der Waals surface area contributed by atoms with Crippen molar-refractivity contribution in [3.8, 4) is 0 Å². The Hall–Kier alpha value is -1.16. The topological polar surface area (TPSA) is 60.9 Å². The van der Waals surface area contributed by atoms with Gasteiger partial charge in [-0.25, -0.2) is 4.68 Å². The van der Waals surface area contributed by atoms with Gasteiger partial charge in [0.15, 0.2) is 0 Å². The van der Waals surface area contributed by atoms with E-state index >= 15 is 0 Å². The molecule has 2 N–H and O–H groups in total. The third-order valence-electron chi connectivity index (χ3n) is 2.61. The lowest BCUT2D eigenvalue weighted by molar-refractivity contribution is 0.545. The van der Waals surface area contributed by atoms with E-state index in [0.717, 1.165) is 24.1 Å². The van der Waals surface area contributed by atoms with E-state index in [1.165, 1.54) is 17.5 Å². The number of nitrogens with zero attached hydrogens (tertiary/aromatic N) is 2. The van der Waals surface area contributed by atoms with Gasteiger partial charge in [-0.15, -0.1) is 0 Å². The van der Waals surface area contributed by atoms with Crippen LogP contribution in [0.1, 0.15) is 24.1 Å². The number of aryl methyl sites for hydroxylation is 2. The zero-order valence-electron chi connectivity index (χ0n) is 8.20. The summed E-state index contributed by atoms with van der Waals surface area (Å²) in [5, 5.41) is 4.33. The Morgan fingerprint density at radius 2 is 2.21 bits per heavy atom. The van der Waals surface area contributed by atoms with Gasteiger partial charge in [-0.1, -0.05) is 0 Å². The van der Waals surface area contributed by atoms with Crippen molar-refractivity contribution in [1.82, 2.24) is 9.78 Å². The molecule has 0 unspecified atom stereocenters. The summed E-state index contributed by atoms with van der Waals surface area (Å²) < 4.78 is 1.48. The average molecular weight is 193 g/mol. The van der Waals surface area contributed by atoms with Crippen LogP contribution < -0.4 is 11.3 Å². The predicted molar refractivity (Wildman–Crippen MR) is 54.2 cm³/mol. The van der Waals surface area contributed by atoms with Crippen molar-refractivity contribution in [2.45, 2.75) is 32.2 Å². The van der Waals surface area contributed by atoms with Gasteiger partial charge in [0.2, 0.25) is 0 Å². The SMILES string of the molecule is NCCn1nc2c(cc1=O)CCCC2. The molecule has 0 bridgehead atoms. The molecule has 4 nitrogen and oxygen atoms in total. The molecule has 14 heavy (non-hydrogen) atoms. The molecule has 2 rings (SSSR count). The number of rotatable bonds is 2. The van der Waals surface area contributed by atoms with Crippen LogP contribution in [0.3, 0.4) is 0 Å². The van der Waals surface area contributed by atoms with E-state index in [2.05, 4.69) is 5.10 Å². The van der Waals surface area contributed by atoms with Crippen LogP contribution in [0.15, 0.2) is 10.9 Å². The molecule has 1 aliphatic rings. The van der Waals surface area contributed by atoms with Crippen molar-refractivity contribution in [2.24, 2.45) is 5.73 Å². The van der Waals surface area contributed by atoms with Crippen molar-refractivity contribution in [2.75, 3.05) is 6.54 Å². The normalized spacial score (nSPS) is 15.2. The molecule has 0 atom stereocenters. The van der Waals surface area contributed by atoms with E-state index in [4.69, 9.17) is 5.73 Å². The summed E-state index contributed by atoms with van der Waals surface area (Å²) in [6.07, 6.45) is 4.36. The van der Waals surface area contributed by atoms with Gasteiger partial charge in [0.1, 0.15) is 0 Å². The molecule has 1 heterocycles. The third kappa shape index (κ3) is 1.70. The second-order valence-electron chi connectivity index (χ2n) is 3.67. The molecular formula is C10H15N3O. The Bertz CT molecular complexity index is 383. The quantitative estimate of drug-likeness (QED) is 0.723. The minimum Gasteiger partial charge on any atom is -0.329 e. The highest BCUT2D eigenvalue weighted by atomic mass is 16.1. The highest BCUT2D eigenvalue weighted by molar-refractivity contribution is 5.20. The molecule has 1 aromatic heterocycles. The first-order chi connectivity index (χ1) is 6.81. The van der Waals surface area contributed by atoms with Crippen LogP contribution in [-0.4, -0.2) is 16.3 Å². The number of nitrogens with two attached hydrogens (primary N) is 1. The largest absolute Gasteiger partial charge is 0.329 e. The van der Waals surface area contributed by atoms with E-state index < -0.39 is 0 Å². The Morgan fingerprint density at radius 1 is 1.43 bits per heavy atom. The van der Waals surface area contributed by atoms with Crippen molar-refractivity contribution >= 4 is 0 Å². The molecule has 0 aliphatic heterocycles. The maximum Gasteiger partial charge on any atom is 0.267 e. The first-order valence-electron chi connectivity index (χ1n) is 5.11. The van der Waals surface area contributed by atoms with Crippen LogP contribution in [0.4, 0.5) is 0 Å². The second-order valence-corrected chi connectivity index (χ2v) is 3.67. The molecule has 0 saturated heterocycles. The molecule has 0 amide bonds. The number of hydrogen-bond donors (Lipinski definition) is 1. The summed E-state index contributed by atoms with van der Waals surface area (Å²) >= 11 is 0. The van der Waals surface area contributed by atoms with Crippen molar-refractivity contribution in [1.29, 1.82) is 0 Å². The summed E-state index contributed by atoms with van der Waals surface area (Å²) in [6, 6.07) is 1.72. The van der Waals surface area contributed by atoms with E-state index in [0.29, 0.717) is 13.1 Å². The van der Waals surface area contributed by atoms with Crippen LogP contribution in [-0.2, 0) is 19.4 Å². The Balaban J connectivity index is 2.40. The van der Waals surface area contributed by atoms with Gasteiger partial charge < -0.3 is 5.73 Å². The maximum absolute atomic E-state index is 11.5. The van der Waals surface area contributed by atoms with Crippen molar-refractivity contribution in [3.05, 3.63) is 27.7 Å². The first kappa shape index (κ1) is 9.40. The molecule has 76 valence electrons. The molecule has 0 spiro atoms. The van der Waals surface area contributed by atoms with Gasteiger partial charge in [-0.2, -0.15) is 5.10 Å². The zero-order chi connectivity index (χ0) is 9.97. The molecular weight excluding hydrogens is 178 g/mol. The number of hydrogen-bond acceptors (Lipinski definition) is 3. The maximum atomic E-state index is 11.5. The summed E-state index contributed by atoms with van der Waals surface area (Å²) in [7, 11) is 0. The van der Waals surface area contributed by atoms with Crippen molar-refractivity contribution in [3.63, 3.8) is 0 Å². The van der Waals surface area contributed by atoms with Gasteiger partial charge in [0, 0.05) is 12.6 Å². The van der Waals surface area contributed by atoms with Gasteiger partial charge in [-0.3, -0.25) is 4.79 Å². The first-order valence-corrected chi connectivity index (χ1v) is 5.11. The predicted octanol–water partition coefficient (Wildman–Crippen LogP) is 0.0808. The Kier molecular flexibility index (Phi) is 2.63. The summed E-state index contributed by atoms with van der Waals surface area (Å²) in [6.45, 7) is 0.984. The van der Waals surface area contributed by atoms with E-state index in [9.17, 15) is 4.79 Å². The summed E-state index contributed by atoms with van der Waals surface area (Å²) in [5.74, 6) is 0. The van der Waals surface area contributed by atoms with E-state index in [1.54, 1.807) is 6.07 Å². The van der Waals surface area contributed by atoms with Crippen LogP contribution in [0, 0.1) is 0 Å². The van der Waals surface area contributed by atoms with Crippen LogP contribution >= 0.6 is 0 Å². The van der Waals surface area contributed by atoms with E-state index in [1.807, 2.05) is 0 Å². The van der Waals surface area contributed by atoms with Crippen LogP contribution in [0.5, 0.6) is 0 Å². The fourth-order valence-electron chi connectivity index (χ4n) is 1.88. The monoisotopic (exact) mass is 193 g/mol. The standard InChI is InChI=1S/C10H15N3O/c11-5-6-13-10(14)7-8-3-1-2-4-9(8)12-13/h7H,1-6,11H2. The average Bonchev–Trinajstić information content (AvgIpc) is 2.19. The lowest BCUT2D eigenvalue weighted by Crippen LogP contribution is -2.28. The molecule has 0 saturated carbocycles. The van der Waals surface area contributed by atoms with Gasteiger partial charge in [0.25, 0.3) is 5.56 Å². The highest BCUT2D eigenvalue weighted by Crippen LogP contribution is 2.16. The minimum atomic E-state index is -0.0175. The summed E-state index contributed by atoms with van der Waals surface area (Å²) in [4.78, 5) is 11.5. The smallest absolute Gasteiger partial charge is 0.267 e. The molecule has 0 aromatic carbocycles. The lowest BCUT2D eigenvalue weighted by atomic mass is 9.97. The molecule has 0 fully saturated rings. The highest BCUT2D eigenvalue weighted by Gasteiger charge is 2.12. The molecule has 1 aliphatic carbocycles. The lowest BCUT2D eigenvalue weighted by Gasteiger charge is -2.15. The minimum absolute atomic E-state index is 0.0175. The van der Waals surface area contributed by atoms with Crippen LogP contribution in [0.2, 0.25) is 0 Å². The summed E-state index contributed by atoms with van der Waals surface area (Å²) in [5.41, 5.74) is 7.61. The van der Waals surface area contributed by atoms with Gasteiger partial charge in [-0.05, 0) is 31.2 Å². The number of fused-ring (bicyclic) bond motifs is 1. The fourth-order valence-corrected chi connectivity index (χ4v) is 1.88. The van der Waals surface area contributed by atoms with E-state index in [-0.39, 0.29) is 5.56 Å². The Morgan fingerprint density at radius 3 is 3.00 bits per heavy atom. The zero-order valence-corrected chi connectivity index (χ0v) is 8.20. The second kappa shape index (κ2) is 3.92. The van der Waals surface area contributed by atoms with Crippen molar-refractivity contribution < 1.29 is 0 Å². The van der Waals surface area contributed by atoms with Gasteiger partial charge >= 0.3 is 0 Å². The fraction of sp³-hybridized carbons (Fsp3) is 0.600. The molecule has 0 radical (unpaired) electrons. The molecule has 4 heteroatoms. The van der Waals surface area contributed by atoms with Gasteiger partial charge in [0.05, 0.1) is 12.2 Å².